The Bertz CT molecular complexity index is 1130. The third kappa shape index (κ3) is 7.96. The second-order valence-electron chi connectivity index (χ2n) is 9.88. The van der Waals surface area contributed by atoms with Gasteiger partial charge in [0.2, 0.25) is 17.6 Å². The summed E-state index contributed by atoms with van der Waals surface area (Å²) in [6.07, 6.45) is 5.84. The Morgan fingerprint density at radius 2 is 1.53 bits per heavy atom. The van der Waals surface area contributed by atoms with Crippen molar-refractivity contribution in [2.45, 2.75) is 70.6 Å². The van der Waals surface area contributed by atoms with Crippen LogP contribution in [0.15, 0.2) is 54.9 Å². The predicted molar refractivity (Wildman–Crippen MR) is 141 cm³/mol. The van der Waals surface area contributed by atoms with Gasteiger partial charge in [-0.05, 0) is 49.8 Å². The maximum Gasteiger partial charge on any atom is 0.289 e. The van der Waals surface area contributed by atoms with Crippen LogP contribution in [0.5, 0.6) is 0 Å². The van der Waals surface area contributed by atoms with Gasteiger partial charge in [-0.15, -0.1) is 0 Å². The third-order valence-electron chi connectivity index (χ3n) is 6.51. The van der Waals surface area contributed by atoms with Crippen LogP contribution in [0.3, 0.4) is 0 Å². The highest BCUT2D eigenvalue weighted by atomic mass is 16.2. The number of pyridine rings is 1. The molecule has 10 nitrogen and oxygen atoms in total. The van der Waals surface area contributed by atoms with Crippen molar-refractivity contribution < 1.29 is 24.0 Å². The van der Waals surface area contributed by atoms with E-state index in [2.05, 4.69) is 26.3 Å². The molecule has 0 aliphatic heterocycles. The van der Waals surface area contributed by atoms with E-state index in [9.17, 15) is 24.0 Å². The first-order valence-electron chi connectivity index (χ1n) is 12.9. The highest BCUT2D eigenvalue weighted by molar-refractivity contribution is 6.38. The van der Waals surface area contributed by atoms with Gasteiger partial charge < -0.3 is 21.3 Å². The quantitative estimate of drug-likeness (QED) is 0.310. The lowest BCUT2D eigenvalue weighted by molar-refractivity contribution is -0.141. The first-order valence-corrected chi connectivity index (χ1v) is 12.9. The highest BCUT2D eigenvalue weighted by Crippen LogP contribution is 2.18. The van der Waals surface area contributed by atoms with Crippen molar-refractivity contribution in [1.29, 1.82) is 0 Å². The van der Waals surface area contributed by atoms with E-state index in [0.29, 0.717) is 5.56 Å². The SMILES string of the molecule is CC(NC(=O)C(Cc1ccccc1)NC(=O)c1ccncc1)C(=O)NC(C(=O)C(=O)NC1CCC1)C(C)C. The van der Waals surface area contributed by atoms with Gasteiger partial charge in [-0.3, -0.25) is 29.0 Å². The lowest BCUT2D eigenvalue weighted by Crippen LogP contribution is -2.57. The average molecular weight is 522 g/mol. The zero-order chi connectivity index (χ0) is 27.7. The number of amides is 4. The van der Waals surface area contributed by atoms with Crippen LogP contribution < -0.4 is 21.3 Å². The molecule has 1 fully saturated rings. The normalized spacial score (nSPS) is 15.4. The van der Waals surface area contributed by atoms with Crippen molar-refractivity contribution in [2.24, 2.45) is 5.92 Å². The average Bonchev–Trinajstić information content (AvgIpc) is 2.89. The van der Waals surface area contributed by atoms with Crippen molar-refractivity contribution in [1.82, 2.24) is 26.3 Å². The monoisotopic (exact) mass is 521 g/mol. The van der Waals surface area contributed by atoms with Crippen LogP contribution in [0.2, 0.25) is 0 Å². The summed E-state index contributed by atoms with van der Waals surface area (Å²) in [4.78, 5) is 67.9. The Morgan fingerprint density at radius 1 is 0.868 bits per heavy atom. The van der Waals surface area contributed by atoms with Crippen LogP contribution in [0, 0.1) is 5.92 Å². The van der Waals surface area contributed by atoms with Gasteiger partial charge in [0.25, 0.3) is 11.8 Å². The number of nitrogens with zero attached hydrogens (tertiary/aromatic N) is 1. The molecule has 1 heterocycles. The van der Waals surface area contributed by atoms with Crippen molar-refractivity contribution >= 4 is 29.4 Å². The molecule has 4 N–H and O–H groups in total. The van der Waals surface area contributed by atoms with Gasteiger partial charge in [-0.1, -0.05) is 44.2 Å². The lowest BCUT2D eigenvalue weighted by atomic mass is 9.92. The van der Waals surface area contributed by atoms with E-state index in [-0.39, 0.29) is 18.4 Å². The minimum absolute atomic E-state index is 0.00270. The summed E-state index contributed by atoms with van der Waals surface area (Å²) in [6, 6.07) is 9.21. The number of carbonyl (C=O) groups is 5. The molecule has 38 heavy (non-hydrogen) atoms. The van der Waals surface area contributed by atoms with Gasteiger partial charge in [-0.2, -0.15) is 0 Å². The first kappa shape index (κ1) is 28.5. The molecular weight excluding hydrogens is 486 g/mol. The van der Waals surface area contributed by atoms with Crippen LogP contribution >= 0.6 is 0 Å². The fourth-order valence-corrected chi connectivity index (χ4v) is 3.95. The fraction of sp³-hybridized carbons (Fsp3) is 0.429. The smallest absolute Gasteiger partial charge is 0.289 e. The molecule has 10 heteroatoms. The minimum atomic E-state index is -1.03. The number of carbonyl (C=O) groups excluding carboxylic acids is 5. The molecule has 3 atom stereocenters. The van der Waals surface area contributed by atoms with Gasteiger partial charge in [0, 0.05) is 30.4 Å². The molecule has 3 rings (SSSR count). The van der Waals surface area contributed by atoms with Gasteiger partial charge >= 0.3 is 0 Å². The summed E-state index contributed by atoms with van der Waals surface area (Å²) < 4.78 is 0. The summed E-state index contributed by atoms with van der Waals surface area (Å²) >= 11 is 0. The van der Waals surface area contributed by atoms with Crippen molar-refractivity contribution in [2.75, 3.05) is 0 Å². The highest BCUT2D eigenvalue weighted by Gasteiger charge is 2.33. The summed E-state index contributed by atoms with van der Waals surface area (Å²) in [5, 5.41) is 10.7. The second-order valence-corrected chi connectivity index (χ2v) is 9.88. The zero-order valence-corrected chi connectivity index (χ0v) is 21.9. The first-order chi connectivity index (χ1) is 18.2. The fourth-order valence-electron chi connectivity index (χ4n) is 3.95. The van der Waals surface area contributed by atoms with E-state index < -0.39 is 47.5 Å². The Morgan fingerprint density at radius 3 is 2.11 bits per heavy atom. The lowest BCUT2D eigenvalue weighted by Gasteiger charge is -2.28. The number of ketones is 1. The summed E-state index contributed by atoms with van der Waals surface area (Å²) in [6.45, 7) is 4.94. The third-order valence-corrected chi connectivity index (χ3v) is 6.51. The number of benzene rings is 1. The van der Waals surface area contributed by atoms with Crippen molar-refractivity contribution in [3.05, 3.63) is 66.0 Å². The predicted octanol–water partition coefficient (Wildman–Crippen LogP) is 1.31. The van der Waals surface area contributed by atoms with Crippen molar-refractivity contribution in [3.8, 4) is 0 Å². The number of Topliss-reactive ketones (excluding diaryl/α,β-unsaturated/α-hetero) is 1. The van der Waals surface area contributed by atoms with Gasteiger partial charge in [0.1, 0.15) is 12.1 Å². The number of rotatable bonds is 12. The van der Waals surface area contributed by atoms with Gasteiger partial charge in [0.05, 0.1) is 6.04 Å². The van der Waals surface area contributed by atoms with Gasteiger partial charge in [0.15, 0.2) is 0 Å². The largest absolute Gasteiger partial charge is 0.347 e. The summed E-state index contributed by atoms with van der Waals surface area (Å²) in [5.41, 5.74) is 1.16. The molecule has 2 aromatic rings. The molecule has 1 saturated carbocycles. The molecule has 1 aromatic carbocycles. The number of hydrogen-bond acceptors (Lipinski definition) is 6. The van der Waals surface area contributed by atoms with Crippen LogP contribution in [-0.4, -0.2) is 58.6 Å². The molecule has 0 spiro atoms. The summed E-state index contributed by atoms with van der Waals surface area (Å²) in [5.74, 6) is -3.40. The van der Waals surface area contributed by atoms with Crippen LogP contribution in [0.25, 0.3) is 0 Å². The van der Waals surface area contributed by atoms with E-state index in [1.54, 1.807) is 13.8 Å². The Balaban J connectivity index is 1.65. The minimum Gasteiger partial charge on any atom is -0.347 e. The number of hydrogen-bond donors (Lipinski definition) is 4. The molecule has 0 bridgehead atoms. The van der Waals surface area contributed by atoms with E-state index >= 15 is 0 Å². The van der Waals surface area contributed by atoms with Crippen LogP contribution in [-0.2, 0) is 25.6 Å². The standard InChI is InChI=1S/C28H35N5O5/c1-17(2)23(24(34)28(38)31-21-10-7-11-21)33-25(35)18(3)30-27(37)22(16-19-8-5-4-6-9-19)32-26(36)20-12-14-29-15-13-20/h4-6,8-9,12-15,17-18,21-23H,7,10-11,16H2,1-3H3,(H,30,37)(H,31,38)(H,32,36)(H,33,35). The van der Waals surface area contributed by atoms with Crippen LogP contribution in [0.1, 0.15) is 56.0 Å². The molecule has 0 saturated heterocycles. The molecule has 1 aromatic heterocycles. The molecule has 3 unspecified atom stereocenters. The molecule has 202 valence electrons. The van der Waals surface area contributed by atoms with E-state index in [1.165, 1.54) is 31.5 Å². The van der Waals surface area contributed by atoms with Gasteiger partial charge in [-0.25, -0.2) is 0 Å². The van der Waals surface area contributed by atoms with E-state index in [4.69, 9.17) is 0 Å². The number of aromatic nitrogens is 1. The number of nitrogens with one attached hydrogen (secondary N) is 4. The molecular formula is C28H35N5O5. The molecule has 0 radical (unpaired) electrons. The molecule has 4 amide bonds. The molecule has 1 aliphatic rings. The van der Waals surface area contributed by atoms with E-state index in [0.717, 1.165) is 24.8 Å². The Labute approximate surface area is 222 Å². The van der Waals surface area contributed by atoms with E-state index in [1.807, 2.05) is 30.3 Å². The maximum absolute atomic E-state index is 13.2. The Hall–Kier alpha value is -4.08. The van der Waals surface area contributed by atoms with Crippen LogP contribution in [0.4, 0.5) is 0 Å². The Kier molecular flexibility index (Phi) is 10.1. The zero-order valence-electron chi connectivity index (χ0n) is 21.9. The topological polar surface area (TPSA) is 146 Å². The van der Waals surface area contributed by atoms with Crippen molar-refractivity contribution in [3.63, 3.8) is 0 Å². The molecule has 1 aliphatic carbocycles. The maximum atomic E-state index is 13.2. The second kappa shape index (κ2) is 13.5. The summed E-state index contributed by atoms with van der Waals surface area (Å²) in [7, 11) is 0.